The van der Waals surface area contributed by atoms with Crippen molar-refractivity contribution in [2.45, 2.75) is 6.92 Å². The monoisotopic (exact) mass is 261 g/mol. The summed E-state index contributed by atoms with van der Waals surface area (Å²) in [7, 11) is 1.33. The number of methoxy groups -OCH3 is 1. The topological polar surface area (TPSA) is 72.9 Å². The molecule has 1 saturated heterocycles. The zero-order chi connectivity index (χ0) is 12.8. The zero-order valence-electron chi connectivity index (χ0n) is 9.80. The summed E-state index contributed by atoms with van der Waals surface area (Å²) in [4.78, 5) is 34.8. The van der Waals surface area contributed by atoms with E-state index in [0.29, 0.717) is 12.3 Å². The van der Waals surface area contributed by atoms with Gasteiger partial charge in [-0.1, -0.05) is 6.92 Å². The number of esters is 1. The maximum absolute atomic E-state index is 11.6. The molecular weight excluding hydrogens is 246 g/mol. The van der Waals surface area contributed by atoms with Gasteiger partial charge in [0, 0.05) is 5.75 Å². The normalized spacial score (nSPS) is 16.6. The van der Waals surface area contributed by atoms with Crippen molar-refractivity contribution in [3.63, 3.8) is 0 Å². The maximum atomic E-state index is 11.6. The quantitative estimate of drug-likeness (QED) is 0.671. The highest BCUT2D eigenvalue weighted by Crippen LogP contribution is 2.12. The standard InChI is InChI=1S/C10H15NO5S/c1-7(9(13)15-2)5-17-6-8(12)11-3-4-16-10(11)14/h7H,3-6H2,1-2H3. The number of carbonyl (C=O) groups is 3. The van der Waals surface area contributed by atoms with Gasteiger partial charge in [-0.3, -0.25) is 9.59 Å². The summed E-state index contributed by atoms with van der Waals surface area (Å²) < 4.78 is 9.22. The van der Waals surface area contributed by atoms with Gasteiger partial charge in [-0.15, -0.1) is 0 Å². The Bertz CT molecular complexity index is 320. The third-order valence-electron chi connectivity index (χ3n) is 2.26. The minimum atomic E-state index is -0.586. The molecule has 0 aliphatic carbocycles. The van der Waals surface area contributed by atoms with Gasteiger partial charge in [-0.2, -0.15) is 11.8 Å². The molecule has 96 valence electrons. The summed E-state index contributed by atoms with van der Waals surface area (Å²) >= 11 is 1.30. The van der Waals surface area contributed by atoms with Crippen LogP contribution in [-0.4, -0.2) is 54.6 Å². The van der Waals surface area contributed by atoms with Crippen molar-refractivity contribution in [3.05, 3.63) is 0 Å². The molecule has 0 bridgehead atoms. The van der Waals surface area contributed by atoms with Crippen LogP contribution in [0.2, 0.25) is 0 Å². The van der Waals surface area contributed by atoms with E-state index in [0.717, 1.165) is 4.90 Å². The van der Waals surface area contributed by atoms with Gasteiger partial charge in [0.1, 0.15) is 6.61 Å². The van der Waals surface area contributed by atoms with Gasteiger partial charge < -0.3 is 9.47 Å². The third kappa shape index (κ3) is 3.92. The second kappa shape index (κ2) is 6.48. The van der Waals surface area contributed by atoms with Crippen LogP contribution in [0.25, 0.3) is 0 Å². The van der Waals surface area contributed by atoms with Gasteiger partial charge in [0.05, 0.1) is 25.3 Å². The number of thioether (sulfide) groups is 1. The van der Waals surface area contributed by atoms with Gasteiger partial charge >= 0.3 is 12.1 Å². The van der Waals surface area contributed by atoms with Crippen molar-refractivity contribution in [1.29, 1.82) is 0 Å². The number of hydrogen-bond acceptors (Lipinski definition) is 6. The molecule has 0 spiro atoms. The largest absolute Gasteiger partial charge is 0.469 e. The van der Waals surface area contributed by atoms with E-state index < -0.39 is 6.09 Å². The number of nitrogens with zero attached hydrogens (tertiary/aromatic N) is 1. The van der Waals surface area contributed by atoms with Gasteiger partial charge in [0.15, 0.2) is 0 Å². The van der Waals surface area contributed by atoms with Crippen molar-refractivity contribution >= 4 is 29.7 Å². The van der Waals surface area contributed by atoms with Gasteiger partial charge in [0.25, 0.3) is 0 Å². The van der Waals surface area contributed by atoms with E-state index in [-0.39, 0.29) is 30.2 Å². The lowest BCUT2D eigenvalue weighted by atomic mass is 10.2. The van der Waals surface area contributed by atoms with Crippen LogP contribution in [-0.2, 0) is 19.1 Å². The average molecular weight is 261 g/mol. The van der Waals surface area contributed by atoms with Crippen molar-refractivity contribution in [2.24, 2.45) is 5.92 Å². The van der Waals surface area contributed by atoms with E-state index in [9.17, 15) is 14.4 Å². The fourth-order valence-electron chi connectivity index (χ4n) is 1.29. The van der Waals surface area contributed by atoms with Crippen molar-refractivity contribution in [2.75, 3.05) is 31.8 Å². The Morgan fingerprint density at radius 2 is 2.29 bits per heavy atom. The van der Waals surface area contributed by atoms with Gasteiger partial charge in [-0.05, 0) is 0 Å². The summed E-state index contributed by atoms with van der Waals surface area (Å²) in [6.07, 6.45) is -0.586. The molecule has 1 aliphatic heterocycles. The summed E-state index contributed by atoms with van der Waals surface area (Å²) in [6.45, 7) is 2.30. The fraction of sp³-hybridized carbons (Fsp3) is 0.700. The van der Waals surface area contributed by atoms with Crippen molar-refractivity contribution in [1.82, 2.24) is 4.90 Å². The number of cyclic esters (lactones) is 1. The number of amides is 2. The number of ether oxygens (including phenoxy) is 2. The minimum Gasteiger partial charge on any atom is -0.469 e. The van der Waals surface area contributed by atoms with Crippen LogP contribution in [0.5, 0.6) is 0 Å². The Kier molecular flexibility index (Phi) is 5.27. The predicted molar refractivity (Wildman–Crippen MR) is 61.6 cm³/mol. The summed E-state index contributed by atoms with van der Waals surface area (Å²) in [5, 5.41) is 0. The molecule has 0 saturated carbocycles. The second-order valence-electron chi connectivity index (χ2n) is 3.60. The van der Waals surface area contributed by atoms with Crippen molar-refractivity contribution < 1.29 is 23.9 Å². The molecule has 1 unspecified atom stereocenters. The van der Waals surface area contributed by atoms with E-state index in [1.807, 2.05) is 0 Å². The Morgan fingerprint density at radius 3 is 2.82 bits per heavy atom. The molecule has 6 nitrogen and oxygen atoms in total. The smallest absolute Gasteiger partial charge is 0.416 e. The van der Waals surface area contributed by atoms with E-state index in [2.05, 4.69) is 9.47 Å². The van der Waals surface area contributed by atoms with E-state index >= 15 is 0 Å². The third-order valence-corrected chi connectivity index (χ3v) is 3.45. The van der Waals surface area contributed by atoms with Crippen LogP contribution in [0.15, 0.2) is 0 Å². The highest BCUT2D eigenvalue weighted by molar-refractivity contribution is 7.99. The SMILES string of the molecule is COC(=O)C(C)CSCC(=O)N1CCOC1=O. The summed E-state index contributed by atoms with van der Waals surface area (Å²) in [5.41, 5.74) is 0. The predicted octanol–water partition coefficient (Wildman–Crippen LogP) is 0.507. The van der Waals surface area contributed by atoms with Crippen LogP contribution in [0.3, 0.4) is 0 Å². The molecule has 17 heavy (non-hydrogen) atoms. The average Bonchev–Trinajstić information content (AvgIpc) is 2.74. The molecule has 1 heterocycles. The molecule has 0 aromatic rings. The molecule has 1 atom stereocenters. The molecule has 7 heteroatoms. The number of rotatable bonds is 5. The summed E-state index contributed by atoms with van der Waals surface area (Å²) in [6, 6.07) is 0. The summed E-state index contributed by atoms with van der Waals surface area (Å²) in [5.74, 6) is -0.194. The molecule has 0 N–H and O–H groups in total. The molecule has 0 aromatic carbocycles. The highest BCUT2D eigenvalue weighted by atomic mass is 32.2. The Hall–Kier alpha value is -1.24. The molecule has 1 rings (SSSR count). The number of hydrogen-bond donors (Lipinski definition) is 0. The first-order chi connectivity index (χ1) is 8.06. The van der Waals surface area contributed by atoms with Crippen LogP contribution >= 0.6 is 11.8 Å². The Labute approximate surface area is 104 Å². The van der Waals surface area contributed by atoms with Gasteiger partial charge in [-0.25, -0.2) is 9.69 Å². The van der Waals surface area contributed by atoms with Crippen LogP contribution in [0.4, 0.5) is 4.79 Å². The minimum absolute atomic E-state index is 0.163. The second-order valence-corrected chi connectivity index (χ2v) is 4.63. The molecule has 1 fully saturated rings. The molecule has 1 aliphatic rings. The van der Waals surface area contributed by atoms with E-state index in [1.165, 1.54) is 18.9 Å². The van der Waals surface area contributed by atoms with Crippen LogP contribution in [0, 0.1) is 5.92 Å². The molecule has 2 amide bonds. The van der Waals surface area contributed by atoms with E-state index in [1.54, 1.807) is 6.92 Å². The first-order valence-corrected chi connectivity index (χ1v) is 6.34. The lowest BCUT2D eigenvalue weighted by molar-refractivity contribution is -0.144. The zero-order valence-corrected chi connectivity index (χ0v) is 10.6. The molecular formula is C10H15NO5S. The first kappa shape index (κ1) is 13.8. The number of imide groups is 1. The van der Waals surface area contributed by atoms with E-state index in [4.69, 9.17) is 0 Å². The Morgan fingerprint density at radius 1 is 1.59 bits per heavy atom. The molecule has 0 aromatic heterocycles. The van der Waals surface area contributed by atoms with Gasteiger partial charge in [0.2, 0.25) is 5.91 Å². The van der Waals surface area contributed by atoms with Crippen LogP contribution < -0.4 is 0 Å². The fourth-order valence-corrected chi connectivity index (χ4v) is 2.23. The number of carbonyl (C=O) groups excluding carboxylic acids is 3. The lowest BCUT2D eigenvalue weighted by Crippen LogP contribution is -2.33. The Balaban J connectivity index is 2.24. The van der Waals surface area contributed by atoms with Crippen LogP contribution in [0.1, 0.15) is 6.92 Å². The highest BCUT2D eigenvalue weighted by Gasteiger charge is 2.28. The lowest BCUT2D eigenvalue weighted by Gasteiger charge is -2.11. The first-order valence-electron chi connectivity index (χ1n) is 5.19. The van der Waals surface area contributed by atoms with Crippen molar-refractivity contribution in [3.8, 4) is 0 Å². The molecule has 0 radical (unpaired) electrons. The maximum Gasteiger partial charge on any atom is 0.416 e.